The highest BCUT2D eigenvalue weighted by molar-refractivity contribution is 5.59. The van der Waals surface area contributed by atoms with E-state index in [1.807, 2.05) is 0 Å². The first kappa shape index (κ1) is 11.7. The van der Waals surface area contributed by atoms with Crippen molar-refractivity contribution in [2.75, 3.05) is 33.4 Å². The lowest BCUT2D eigenvalue weighted by Crippen LogP contribution is -2.29. The van der Waals surface area contributed by atoms with E-state index in [0.717, 1.165) is 6.47 Å². The molecule has 1 radical (unpaired) electrons. The second kappa shape index (κ2) is 7.02. The largest absolute Gasteiger partial charge is 0.511 e. The first-order chi connectivity index (χ1) is 7.33. The smallest absolute Gasteiger partial charge is 0.434 e. The van der Waals surface area contributed by atoms with Gasteiger partial charge in [0.15, 0.2) is 0 Å². The van der Waals surface area contributed by atoms with Gasteiger partial charge in [-0.3, -0.25) is 0 Å². The van der Waals surface area contributed by atoms with E-state index in [1.165, 1.54) is 0 Å². The maximum absolute atomic E-state index is 10.8. The van der Waals surface area contributed by atoms with E-state index in [1.54, 1.807) is 0 Å². The molecule has 0 unspecified atom stereocenters. The summed E-state index contributed by atoms with van der Waals surface area (Å²) < 4.78 is 23.0. The third-order valence-electron chi connectivity index (χ3n) is 1.61. The minimum atomic E-state index is -0.907. The third kappa shape index (κ3) is 5.18. The van der Waals surface area contributed by atoms with Gasteiger partial charge < -0.3 is 23.7 Å². The molecule has 0 saturated carbocycles. The Hall–Kier alpha value is -1.34. The first-order valence-electron chi connectivity index (χ1n) is 4.27. The van der Waals surface area contributed by atoms with Crippen molar-refractivity contribution in [3.8, 4) is 0 Å². The predicted octanol–water partition coefficient (Wildman–Crippen LogP) is -0.199. The molecular weight excluding hydrogens is 208 g/mol. The molecule has 15 heavy (non-hydrogen) atoms. The van der Waals surface area contributed by atoms with Gasteiger partial charge in [-0.05, 0) is 0 Å². The van der Waals surface area contributed by atoms with E-state index in [2.05, 4.69) is 9.47 Å². The van der Waals surface area contributed by atoms with Gasteiger partial charge in [-0.25, -0.2) is 9.59 Å². The SMILES string of the molecule is O=[C]OCOC(=O)OCC1COCOC1. The zero-order chi connectivity index (χ0) is 10.9. The molecule has 85 valence electrons. The van der Waals surface area contributed by atoms with Crippen LogP contribution in [0.1, 0.15) is 0 Å². The number of rotatable bonds is 5. The average molecular weight is 219 g/mol. The summed E-state index contributed by atoms with van der Waals surface area (Å²) in [7, 11) is 0. The zero-order valence-electron chi connectivity index (χ0n) is 7.97. The van der Waals surface area contributed by atoms with Crippen LogP contribution >= 0.6 is 0 Å². The minimum absolute atomic E-state index is 0.00449. The highest BCUT2D eigenvalue weighted by Gasteiger charge is 2.16. The Morgan fingerprint density at radius 1 is 1.33 bits per heavy atom. The van der Waals surface area contributed by atoms with Gasteiger partial charge in [0.25, 0.3) is 0 Å². The quantitative estimate of drug-likeness (QED) is 0.360. The highest BCUT2D eigenvalue weighted by Crippen LogP contribution is 2.06. The standard InChI is InChI=1S/C8H11O7/c9-4-13-6-15-8(10)14-3-7-1-11-5-12-2-7/h7H,1-3,5-6H2. The Labute approximate surface area is 86.2 Å². The third-order valence-corrected chi connectivity index (χ3v) is 1.61. The summed E-state index contributed by atoms with van der Waals surface area (Å²) in [5.74, 6) is 0.00449. The van der Waals surface area contributed by atoms with E-state index in [9.17, 15) is 9.59 Å². The van der Waals surface area contributed by atoms with E-state index in [-0.39, 0.29) is 19.3 Å². The number of carbonyl (C=O) groups excluding carboxylic acids is 2. The molecule has 1 aliphatic heterocycles. The maximum atomic E-state index is 10.8. The summed E-state index contributed by atoms with van der Waals surface area (Å²) >= 11 is 0. The van der Waals surface area contributed by atoms with Gasteiger partial charge in [0, 0.05) is 5.92 Å². The topological polar surface area (TPSA) is 80.3 Å². The van der Waals surface area contributed by atoms with Crippen LogP contribution < -0.4 is 0 Å². The Morgan fingerprint density at radius 3 is 2.73 bits per heavy atom. The van der Waals surface area contributed by atoms with Gasteiger partial charge >= 0.3 is 12.6 Å². The number of hydrogen-bond acceptors (Lipinski definition) is 7. The van der Waals surface area contributed by atoms with Gasteiger partial charge in [-0.1, -0.05) is 0 Å². The Kier molecular flexibility index (Phi) is 5.49. The van der Waals surface area contributed by atoms with Crippen molar-refractivity contribution < 1.29 is 33.3 Å². The summed E-state index contributed by atoms with van der Waals surface area (Å²) in [6, 6.07) is 0. The number of ether oxygens (including phenoxy) is 5. The molecule has 1 saturated heterocycles. The highest BCUT2D eigenvalue weighted by atomic mass is 16.8. The van der Waals surface area contributed by atoms with Crippen LogP contribution in [0.25, 0.3) is 0 Å². The molecule has 0 spiro atoms. The molecule has 1 rings (SSSR count). The first-order valence-corrected chi connectivity index (χ1v) is 4.27. The van der Waals surface area contributed by atoms with E-state index in [4.69, 9.17) is 14.2 Å². The maximum Gasteiger partial charge on any atom is 0.511 e. The average Bonchev–Trinajstić information content (AvgIpc) is 2.28. The normalized spacial score (nSPS) is 16.8. The van der Waals surface area contributed by atoms with Crippen molar-refractivity contribution >= 4 is 12.6 Å². The van der Waals surface area contributed by atoms with Crippen LogP contribution in [0.3, 0.4) is 0 Å². The van der Waals surface area contributed by atoms with Crippen LogP contribution in [0.5, 0.6) is 0 Å². The lowest BCUT2D eigenvalue weighted by atomic mass is 10.2. The van der Waals surface area contributed by atoms with Gasteiger partial charge in [0.1, 0.15) is 13.4 Å². The molecule has 0 aromatic carbocycles. The number of carbonyl (C=O) groups is 1. The minimum Gasteiger partial charge on any atom is -0.434 e. The fourth-order valence-electron chi connectivity index (χ4n) is 0.962. The summed E-state index contributed by atoms with van der Waals surface area (Å²) in [6.45, 7) is 1.97. The molecular formula is C8H11O7. The molecule has 0 bridgehead atoms. The van der Waals surface area contributed by atoms with Crippen molar-refractivity contribution in [2.24, 2.45) is 5.92 Å². The molecule has 1 fully saturated rings. The van der Waals surface area contributed by atoms with Gasteiger partial charge in [-0.15, -0.1) is 0 Å². The molecule has 0 amide bonds. The Bertz CT molecular complexity index is 199. The molecule has 0 aromatic heterocycles. The van der Waals surface area contributed by atoms with Crippen LogP contribution in [0, 0.1) is 5.92 Å². The van der Waals surface area contributed by atoms with E-state index in [0.29, 0.717) is 13.2 Å². The van der Waals surface area contributed by atoms with Crippen LogP contribution in [-0.2, 0) is 28.5 Å². The van der Waals surface area contributed by atoms with Crippen molar-refractivity contribution in [2.45, 2.75) is 0 Å². The van der Waals surface area contributed by atoms with Crippen LogP contribution in [0.15, 0.2) is 0 Å². The van der Waals surface area contributed by atoms with Gasteiger partial charge in [0.05, 0.1) is 13.2 Å². The van der Waals surface area contributed by atoms with Crippen LogP contribution in [0.4, 0.5) is 4.79 Å². The fourth-order valence-corrected chi connectivity index (χ4v) is 0.962. The van der Waals surface area contributed by atoms with Crippen molar-refractivity contribution in [1.29, 1.82) is 0 Å². The summed E-state index contributed by atoms with van der Waals surface area (Å²) in [6.07, 6.45) is -0.907. The van der Waals surface area contributed by atoms with E-state index >= 15 is 0 Å². The lowest BCUT2D eigenvalue weighted by Gasteiger charge is -2.21. The number of hydrogen-bond donors (Lipinski definition) is 0. The Balaban J connectivity index is 2.02. The second-order valence-corrected chi connectivity index (χ2v) is 2.78. The molecule has 0 atom stereocenters. The molecule has 0 N–H and O–H groups in total. The van der Waals surface area contributed by atoms with Crippen LogP contribution in [-0.4, -0.2) is 46.0 Å². The van der Waals surface area contributed by atoms with Crippen molar-refractivity contribution in [3.63, 3.8) is 0 Å². The fraction of sp³-hybridized carbons (Fsp3) is 0.750. The summed E-state index contributed by atoms with van der Waals surface area (Å²) in [5, 5.41) is 0. The molecule has 0 aliphatic carbocycles. The van der Waals surface area contributed by atoms with Crippen molar-refractivity contribution in [3.05, 3.63) is 0 Å². The lowest BCUT2D eigenvalue weighted by molar-refractivity contribution is -0.136. The van der Waals surface area contributed by atoms with Gasteiger partial charge in [0.2, 0.25) is 6.79 Å². The monoisotopic (exact) mass is 219 g/mol. The Morgan fingerprint density at radius 2 is 2.07 bits per heavy atom. The summed E-state index contributed by atoms with van der Waals surface area (Å²) in [4.78, 5) is 20.4. The van der Waals surface area contributed by atoms with Crippen LogP contribution in [0.2, 0.25) is 0 Å². The van der Waals surface area contributed by atoms with Crippen molar-refractivity contribution in [1.82, 2.24) is 0 Å². The zero-order valence-corrected chi connectivity index (χ0v) is 7.97. The second-order valence-electron chi connectivity index (χ2n) is 2.78. The summed E-state index contributed by atoms with van der Waals surface area (Å²) in [5.41, 5.74) is 0. The molecule has 7 nitrogen and oxygen atoms in total. The predicted molar refractivity (Wildman–Crippen MR) is 44.3 cm³/mol. The van der Waals surface area contributed by atoms with Gasteiger partial charge in [-0.2, -0.15) is 0 Å². The molecule has 1 heterocycles. The molecule has 0 aromatic rings. The molecule has 1 aliphatic rings. The van der Waals surface area contributed by atoms with E-state index < -0.39 is 12.9 Å². The molecule has 7 heteroatoms.